The van der Waals surface area contributed by atoms with Crippen molar-refractivity contribution in [3.8, 4) is 0 Å². The van der Waals surface area contributed by atoms with Crippen LogP contribution in [0.4, 0.5) is 0 Å². The molecule has 118 valence electrons. The van der Waals surface area contributed by atoms with Crippen LogP contribution < -0.4 is 10.9 Å². The van der Waals surface area contributed by atoms with Gasteiger partial charge in [0.25, 0.3) is 11.8 Å². The monoisotopic (exact) mass is 308 g/mol. The minimum Gasteiger partial charge on any atom is -0.268 e. The Bertz CT molecular complexity index is 764. The van der Waals surface area contributed by atoms with Crippen LogP contribution in [0.5, 0.6) is 0 Å². The highest BCUT2D eigenvalue weighted by Crippen LogP contribution is 2.12. The van der Waals surface area contributed by atoms with Crippen molar-refractivity contribution >= 4 is 17.9 Å². The summed E-state index contributed by atoms with van der Waals surface area (Å²) >= 11 is 0. The first-order valence-corrected chi connectivity index (χ1v) is 7.38. The summed E-state index contributed by atoms with van der Waals surface area (Å²) < 4.78 is 0. The smallest absolute Gasteiger partial charge is 0.268 e. The van der Waals surface area contributed by atoms with Gasteiger partial charge in [0.05, 0.1) is 0 Å². The summed E-state index contributed by atoms with van der Waals surface area (Å²) in [6.45, 7) is 5.86. The average Bonchev–Trinajstić information content (AvgIpc) is 2.52. The van der Waals surface area contributed by atoms with Crippen LogP contribution >= 0.6 is 0 Å². The summed E-state index contributed by atoms with van der Waals surface area (Å²) in [6.07, 6.45) is 3.12. The van der Waals surface area contributed by atoms with Crippen LogP contribution in [0.3, 0.4) is 0 Å². The van der Waals surface area contributed by atoms with Crippen molar-refractivity contribution in [2.45, 2.75) is 20.8 Å². The number of hydrogen-bond donors (Lipinski definition) is 2. The Kier molecular flexibility index (Phi) is 5.31. The van der Waals surface area contributed by atoms with E-state index in [0.717, 1.165) is 16.7 Å². The van der Waals surface area contributed by atoms with Gasteiger partial charge >= 0.3 is 0 Å². The Morgan fingerprint density at radius 1 is 0.913 bits per heavy atom. The van der Waals surface area contributed by atoms with Crippen molar-refractivity contribution in [1.82, 2.24) is 10.9 Å². The van der Waals surface area contributed by atoms with Crippen molar-refractivity contribution in [2.75, 3.05) is 0 Å². The lowest BCUT2D eigenvalue weighted by atomic mass is 10.1. The number of hydrogen-bond acceptors (Lipinski definition) is 2. The van der Waals surface area contributed by atoms with Crippen LogP contribution in [-0.4, -0.2) is 11.8 Å². The van der Waals surface area contributed by atoms with Crippen LogP contribution in [0, 0.1) is 20.8 Å². The molecule has 2 rings (SSSR count). The molecule has 0 radical (unpaired) electrons. The van der Waals surface area contributed by atoms with Gasteiger partial charge in [-0.15, -0.1) is 0 Å². The van der Waals surface area contributed by atoms with Crippen LogP contribution in [-0.2, 0) is 4.79 Å². The molecule has 2 aromatic rings. The Morgan fingerprint density at radius 2 is 1.65 bits per heavy atom. The van der Waals surface area contributed by atoms with E-state index < -0.39 is 0 Å². The molecule has 4 nitrogen and oxygen atoms in total. The molecule has 0 aliphatic rings. The molecule has 0 aliphatic heterocycles. The molecule has 0 atom stereocenters. The first-order valence-electron chi connectivity index (χ1n) is 7.38. The zero-order valence-corrected chi connectivity index (χ0v) is 13.5. The molecule has 2 aromatic carbocycles. The van der Waals surface area contributed by atoms with Gasteiger partial charge in [0.2, 0.25) is 0 Å². The first-order chi connectivity index (χ1) is 11.0. The maximum Gasteiger partial charge on any atom is 0.269 e. The lowest BCUT2D eigenvalue weighted by Crippen LogP contribution is -2.41. The number of rotatable bonds is 3. The lowest BCUT2D eigenvalue weighted by Gasteiger charge is -2.07. The average molecular weight is 308 g/mol. The molecular weight excluding hydrogens is 288 g/mol. The van der Waals surface area contributed by atoms with Crippen molar-refractivity contribution in [2.24, 2.45) is 0 Å². The molecular formula is C19H20N2O2. The van der Waals surface area contributed by atoms with Gasteiger partial charge in [-0.3, -0.25) is 20.4 Å². The van der Waals surface area contributed by atoms with Gasteiger partial charge in [0.1, 0.15) is 0 Å². The van der Waals surface area contributed by atoms with Gasteiger partial charge in [0.15, 0.2) is 0 Å². The van der Waals surface area contributed by atoms with Crippen molar-refractivity contribution in [1.29, 1.82) is 0 Å². The quantitative estimate of drug-likeness (QED) is 0.676. The second kappa shape index (κ2) is 7.40. The topological polar surface area (TPSA) is 58.2 Å². The Hall–Kier alpha value is -2.88. The zero-order valence-electron chi connectivity index (χ0n) is 13.5. The van der Waals surface area contributed by atoms with Gasteiger partial charge in [-0.05, 0) is 49.6 Å². The van der Waals surface area contributed by atoms with E-state index in [2.05, 4.69) is 16.9 Å². The first kappa shape index (κ1) is 16.5. The summed E-state index contributed by atoms with van der Waals surface area (Å²) in [5.74, 6) is -0.719. The third kappa shape index (κ3) is 4.54. The van der Waals surface area contributed by atoms with Crippen LogP contribution in [0.25, 0.3) is 6.08 Å². The van der Waals surface area contributed by atoms with Crippen LogP contribution in [0.2, 0.25) is 0 Å². The molecule has 4 heteroatoms. The van der Waals surface area contributed by atoms with Gasteiger partial charge in [-0.2, -0.15) is 0 Å². The third-order valence-corrected chi connectivity index (χ3v) is 3.53. The molecule has 0 bridgehead atoms. The SMILES string of the molecule is Cc1ccc(/C=C/C(=O)NNC(=O)c2ccccc2C)c(C)c1. The highest BCUT2D eigenvalue weighted by Gasteiger charge is 2.08. The fourth-order valence-electron chi connectivity index (χ4n) is 2.23. The van der Waals surface area contributed by atoms with Crippen molar-refractivity contribution in [3.05, 3.63) is 76.4 Å². The predicted molar refractivity (Wildman–Crippen MR) is 91.7 cm³/mol. The van der Waals surface area contributed by atoms with Crippen molar-refractivity contribution < 1.29 is 9.59 Å². The van der Waals surface area contributed by atoms with Crippen molar-refractivity contribution in [3.63, 3.8) is 0 Å². The predicted octanol–water partition coefficient (Wildman–Crippen LogP) is 3.09. The van der Waals surface area contributed by atoms with E-state index in [-0.39, 0.29) is 11.8 Å². The largest absolute Gasteiger partial charge is 0.269 e. The molecule has 2 amide bonds. The molecule has 2 N–H and O–H groups in total. The van der Waals surface area contributed by atoms with Crippen LogP contribution in [0.1, 0.15) is 32.6 Å². The van der Waals surface area contributed by atoms with Gasteiger partial charge in [-0.25, -0.2) is 0 Å². The van der Waals surface area contributed by atoms with Crippen LogP contribution in [0.15, 0.2) is 48.5 Å². The minimum atomic E-state index is -0.382. The van der Waals surface area contributed by atoms with Gasteiger partial charge in [0, 0.05) is 11.6 Å². The molecule has 0 fully saturated rings. The highest BCUT2D eigenvalue weighted by molar-refractivity contribution is 5.98. The highest BCUT2D eigenvalue weighted by atomic mass is 16.2. The molecule has 0 unspecified atom stereocenters. The van der Waals surface area contributed by atoms with E-state index in [1.165, 1.54) is 11.6 Å². The van der Waals surface area contributed by atoms with E-state index in [1.54, 1.807) is 18.2 Å². The second-order valence-electron chi connectivity index (χ2n) is 5.45. The number of hydrazine groups is 1. The molecule has 0 heterocycles. The number of carbonyl (C=O) groups excluding carboxylic acids is 2. The summed E-state index contributed by atoms with van der Waals surface area (Å²) in [4.78, 5) is 23.8. The number of aryl methyl sites for hydroxylation is 3. The third-order valence-electron chi connectivity index (χ3n) is 3.53. The minimum absolute atomic E-state index is 0.337. The summed E-state index contributed by atoms with van der Waals surface area (Å²) in [6, 6.07) is 13.2. The molecule has 0 aromatic heterocycles. The number of nitrogens with one attached hydrogen (secondary N) is 2. The standard InChI is InChI=1S/C19H20N2O2/c1-13-8-9-16(15(3)12-13)10-11-18(22)20-21-19(23)17-7-5-4-6-14(17)2/h4-12H,1-3H3,(H,20,22)(H,21,23)/b11-10+. The van der Waals surface area contributed by atoms with E-state index in [0.29, 0.717) is 5.56 Å². The molecule has 0 saturated heterocycles. The maximum atomic E-state index is 12.0. The normalized spacial score (nSPS) is 10.6. The fourth-order valence-corrected chi connectivity index (χ4v) is 2.23. The molecule has 23 heavy (non-hydrogen) atoms. The van der Waals surface area contributed by atoms with E-state index >= 15 is 0 Å². The van der Waals surface area contributed by atoms with Gasteiger partial charge < -0.3 is 0 Å². The number of benzene rings is 2. The summed E-state index contributed by atoms with van der Waals surface area (Å²) in [5.41, 5.74) is 9.42. The summed E-state index contributed by atoms with van der Waals surface area (Å²) in [5, 5.41) is 0. The second-order valence-corrected chi connectivity index (χ2v) is 5.45. The van der Waals surface area contributed by atoms with E-state index in [1.807, 2.05) is 45.0 Å². The Labute approximate surface area is 136 Å². The van der Waals surface area contributed by atoms with E-state index in [9.17, 15) is 9.59 Å². The van der Waals surface area contributed by atoms with E-state index in [4.69, 9.17) is 0 Å². The fraction of sp³-hybridized carbons (Fsp3) is 0.158. The lowest BCUT2D eigenvalue weighted by molar-refractivity contribution is -0.117. The number of amides is 2. The molecule has 0 spiro atoms. The Balaban J connectivity index is 1.94. The zero-order chi connectivity index (χ0) is 16.8. The number of carbonyl (C=O) groups is 2. The summed E-state index contributed by atoms with van der Waals surface area (Å²) in [7, 11) is 0. The molecule has 0 saturated carbocycles. The maximum absolute atomic E-state index is 12.0. The molecule has 0 aliphatic carbocycles. The Morgan fingerprint density at radius 3 is 2.35 bits per heavy atom. The van der Waals surface area contributed by atoms with Gasteiger partial charge in [-0.1, -0.05) is 42.0 Å².